The molecule has 12 heavy (non-hydrogen) atoms. The molecule has 0 saturated heterocycles. The molecule has 3 nitrogen and oxygen atoms in total. The van der Waals surface area contributed by atoms with Crippen LogP contribution in [0.3, 0.4) is 0 Å². The van der Waals surface area contributed by atoms with Gasteiger partial charge in [-0.1, -0.05) is 11.6 Å². The molecule has 0 heterocycles. The van der Waals surface area contributed by atoms with Gasteiger partial charge in [0, 0.05) is 5.02 Å². The average molecular weight is 182 g/mol. The standard InChI is InChI=1S/C8H4ClNO2/c9-7-2-5(4-10)1-6(3-7)8(11)12/h1-3H,(H,11,12). The predicted molar refractivity (Wildman–Crippen MR) is 43.1 cm³/mol. The first kappa shape index (κ1) is 8.57. The number of benzene rings is 1. The van der Waals surface area contributed by atoms with Gasteiger partial charge in [-0.3, -0.25) is 0 Å². The summed E-state index contributed by atoms with van der Waals surface area (Å²) in [5.41, 5.74) is 0.277. The highest BCUT2D eigenvalue weighted by molar-refractivity contribution is 6.31. The van der Waals surface area contributed by atoms with Crippen molar-refractivity contribution in [3.8, 4) is 6.07 Å². The lowest BCUT2D eigenvalue weighted by molar-refractivity contribution is 0.0697. The van der Waals surface area contributed by atoms with E-state index in [9.17, 15) is 4.79 Å². The van der Waals surface area contributed by atoms with Crippen LogP contribution in [0, 0.1) is 11.3 Å². The summed E-state index contributed by atoms with van der Waals surface area (Å²) in [4.78, 5) is 10.5. The van der Waals surface area contributed by atoms with E-state index in [-0.39, 0.29) is 16.1 Å². The molecule has 0 saturated carbocycles. The smallest absolute Gasteiger partial charge is 0.335 e. The van der Waals surface area contributed by atoms with Crippen molar-refractivity contribution in [1.29, 1.82) is 5.26 Å². The van der Waals surface area contributed by atoms with Gasteiger partial charge in [-0.2, -0.15) is 5.26 Å². The van der Waals surface area contributed by atoms with Crippen LogP contribution in [0.4, 0.5) is 0 Å². The zero-order valence-electron chi connectivity index (χ0n) is 5.91. The van der Waals surface area contributed by atoms with E-state index in [0.29, 0.717) is 0 Å². The van der Waals surface area contributed by atoms with Crippen LogP contribution < -0.4 is 0 Å². The number of nitrogens with zero attached hydrogens (tertiary/aromatic N) is 1. The van der Waals surface area contributed by atoms with Crippen molar-refractivity contribution < 1.29 is 9.90 Å². The molecule has 0 radical (unpaired) electrons. The molecule has 60 valence electrons. The zero-order valence-corrected chi connectivity index (χ0v) is 6.67. The van der Waals surface area contributed by atoms with Crippen molar-refractivity contribution in [2.45, 2.75) is 0 Å². The maximum Gasteiger partial charge on any atom is 0.335 e. The zero-order chi connectivity index (χ0) is 9.14. The Morgan fingerprint density at radius 1 is 1.50 bits per heavy atom. The number of halogens is 1. The third-order valence-electron chi connectivity index (χ3n) is 1.27. The Morgan fingerprint density at radius 2 is 2.17 bits per heavy atom. The topological polar surface area (TPSA) is 61.1 Å². The van der Waals surface area contributed by atoms with Gasteiger partial charge in [-0.15, -0.1) is 0 Å². The van der Waals surface area contributed by atoms with E-state index in [4.69, 9.17) is 22.0 Å². The highest BCUT2D eigenvalue weighted by Gasteiger charge is 2.05. The molecule has 0 amide bonds. The van der Waals surface area contributed by atoms with Crippen LogP contribution in [-0.4, -0.2) is 11.1 Å². The lowest BCUT2D eigenvalue weighted by Gasteiger charge is -1.95. The summed E-state index contributed by atoms with van der Waals surface area (Å²) in [7, 11) is 0. The fourth-order valence-electron chi connectivity index (χ4n) is 0.778. The molecule has 1 N–H and O–H groups in total. The number of carboxylic acids is 1. The normalized spacial score (nSPS) is 9.00. The summed E-state index contributed by atoms with van der Waals surface area (Å²) < 4.78 is 0. The molecule has 0 fully saturated rings. The largest absolute Gasteiger partial charge is 0.478 e. The van der Waals surface area contributed by atoms with Crippen LogP contribution in [0.5, 0.6) is 0 Å². The van der Waals surface area contributed by atoms with Crippen molar-refractivity contribution >= 4 is 17.6 Å². The lowest BCUT2D eigenvalue weighted by atomic mass is 10.1. The number of hydrogen-bond acceptors (Lipinski definition) is 2. The summed E-state index contributed by atoms with van der Waals surface area (Å²) in [5, 5.41) is 17.3. The summed E-state index contributed by atoms with van der Waals surface area (Å²) in [6.45, 7) is 0. The second-order valence-electron chi connectivity index (χ2n) is 2.15. The van der Waals surface area contributed by atoms with Crippen LogP contribution in [-0.2, 0) is 0 Å². The first-order chi connectivity index (χ1) is 5.63. The van der Waals surface area contributed by atoms with E-state index in [1.165, 1.54) is 18.2 Å². The van der Waals surface area contributed by atoms with Crippen molar-refractivity contribution in [1.82, 2.24) is 0 Å². The highest BCUT2D eigenvalue weighted by atomic mass is 35.5. The van der Waals surface area contributed by atoms with Crippen molar-refractivity contribution in [3.63, 3.8) is 0 Å². The van der Waals surface area contributed by atoms with Gasteiger partial charge in [0.25, 0.3) is 0 Å². The Morgan fingerprint density at radius 3 is 2.67 bits per heavy atom. The minimum absolute atomic E-state index is 0.0269. The van der Waals surface area contributed by atoms with Gasteiger partial charge in [-0.05, 0) is 18.2 Å². The monoisotopic (exact) mass is 181 g/mol. The first-order valence-corrected chi connectivity index (χ1v) is 3.45. The van der Waals surface area contributed by atoms with Crippen molar-refractivity contribution in [3.05, 3.63) is 34.3 Å². The van der Waals surface area contributed by atoms with Crippen LogP contribution in [0.1, 0.15) is 15.9 Å². The van der Waals surface area contributed by atoms with E-state index in [2.05, 4.69) is 0 Å². The molecule has 0 aliphatic rings. The van der Waals surface area contributed by atoms with Gasteiger partial charge in [-0.25, -0.2) is 4.79 Å². The summed E-state index contributed by atoms with van der Waals surface area (Å²) in [6, 6.07) is 5.79. The number of nitriles is 1. The minimum Gasteiger partial charge on any atom is -0.478 e. The molecule has 0 aliphatic heterocycles. The van der Waals surface area contributed by atoms with Crippen molar-refractivity contribution in [2.75, 3.05) is 0 Å². The molecule has 0 unspecified atom stereocenters. The second-order valence-corrected chi connectivity index (χ2v) is 2.58. The molecule has 0 aromatic heterocycles. The summed E-state index contributed by atoms with van der Waals surface area (Å²) >= 11 is 5.56. The van der Waals surface area contributed by atoms with Crippen LogP contribution >= 0.6 is 11.6 Å². The first-order valence-electron chi connectivity index (χ1n) is 3.07. The Hall–Kier alpha value is -1.53. The maximum absolute atomic E-state index is 10.5. The minimum atomic E-state index is -1.09. The van der Waals surface area contributed by atoms with Gasteiger partial charge < -0.3 is 5.11 Å². The van der Waals surface area contributed by atoms with E-state index in [1.54, 1.807) is 0 Å². The molecular weight excluding hydrogens is 178 g/mol. The van der Waals surface area contributed by atoms with Crippen LogP contribution in [0.15, 0.2) is 18.2 Å². The predicted octanol–water partition coefficient (Wildman–Crippen LogP) is 1.91. The van der Waals surface area contributed by atoms with Gasteiger partial charge >= 0.3 is 5.97 Å². The van der Waals surface area contributed by atoms with Gasteiger partial charge in [0.2, 0.25) is 0 Å². The number of aromatic carboxylic acids is 1. The molecule has 1 aromatic carbocycles. The average Bonchev–Trinajstić information content (AvgIpc) is 2.03. The third kappa shape index (κ3) is 1.74. The molecule has 0 bridgehead atoms. The SMILES string of the molecule is N#Cc1cc(Cl)cc(C(=O)O)c1. The van der Waals surface area contributed by atoms with E-state index >= 15 is 0 Å². The fraction of sp³-hybridized carbons (Fsp3) is 0. The molecule has 1 aromatic rings. The fourth-order valence-corrected chi connectivity index (χ4v) is 1.01. The number of carboxylic acid groups (broad SMARTS) is 1. The molecule has 0 atom stereocenters. The highest BCUT2D eigenvalue weighted by Crippen LogP contribution is 2.14. The Balaban J connectivity index is 3.26. The van der Waals surface area contributed by atoms with Crippen LogP contribution in [0.2, 0.25) is 5.02 Å². The van der Waals surface area contributed by atoms with Gasteiger partial charge in [0.05, 0.1) is 17.2 Å². The molecule has 4 heteroatoms. The van der Waals surface area contributed by atoms with Crippen LogP contribution in [0.25, 0.3) is 0 Å². The number of hydrogen-bond donors (Lipinski definition) is 1. The van der Waals surface area contributed by atoms with Crippen molar-refractivity contribution in [2.24, 2.45) is 0 Å². The second kappa shape index (κ2) is 3.24. The summed E-state index contributed by atoms with van der Waals surface area (Å²) in [5.74, 6) is -1.09. The Bertz CT molecular complexity index is 368. The Labute approximate surface area is 73.8 Å². The van der Waals surface area contributed by atoms with Gasteiger partial charge in [0.1, 0.15) is 0 Å². The molecule has 0 aliphatic carbocycles. The van der Waals surface area contributed by atoms with E-state index in [0.717, 1.165) is 0 Å². The molecular formula is C8H4ClNO2. The molecule has 0 spiro atoms. The maximum atomic E-state index is 10.5. The lowest BCUT2D eigenvalue weighted by Crippen LogP contribution is -1.96. The van der Waals surface area contributed by atoms with Gasteiger partial charge in [0.15, 0.2) is 0 Å². The third-order valence-corrected chi connectivity index (χ3v) is 1.49. The van der Waals surface area contributed by atoms with E-state index in [1.807, 2.05) is 6.07 Å². The summed E-state index contributed by atoms with van der Waals surface area (Å²) in [6.07, 6.45) is 0. The molecule has 1 rings (SSSR count). The number of rotatable bonds is 1. The van der Waals surface area contributed by atoms with E-state index < -0.39 is 5.97 Å². The number of carbonyl (C=O) groups is 1. The quantitative estimate of drug-likeness (QED) is 0.720. The Kier molecular flexibility index (Phi) is 2.32.